The quantitative estimate of drug-likeness (QED) is 0.773. The predicted molar refractivity (Wildman–Crippen MR) is 90.8 cm³/mol. The average Bonchev–Trinajstić information content (AvgIpc) is 3.10. The Kier molecular flexibility index (Phi) is 5.47. The first-order chi connectivity index (χ1) is 13.2. The van der Waals surface area contributed by atoms with Crippen molar-refractivity contribution in [2.24, 2.45) is 0 Å². The van der Waals surface area contributed by atoms with Gasteiger partial charge in [-0.05, 0) is 29.8 Å². The van der Waals surface area contributed by atoms with Gasteiger partial charge in [0.25, 0.3) is 0 Å². The van der Waals surface area contributed by atoms with Crippen LogP contribution in [0.2, 0.25) is 0 Å². The highest BCUT2D eigenvalue weighted by Crippen LogP contribution is 2.29. The maximum absolute atomic E-state index is 12.2. The molecule has 0 amide bonds. The zero-order valence-corrected chi connectivity index (χ0v) is 15.3. The van der Waals surface area contributed by atoms with E-state index in [9.17, 15) is 21.6 Å². The Morgan fingerprint density at radius 1 is 1.14 bits per heavy atom. The Morgan fingerprint density at radius 3 is 2.39 bits per heavy atom. The maximum atomic E-state index is 12.2. The summed E-state index contributed by atoms with van der Waals surface area (Å²) in [6.07, 6.45) is -2.52. The summed E-state index contributed by atoms with van der Waals surface area (Å²) >= 11 is 0. The van der Waals surface area contributed by atoms with E-state index in [-0.39, 0.29) is 28.2 Å². The zero-order chi connectivity index (χ0) is 20.4. The van der Waals surface area contributed by atoms with Gasteiger partial charge in [-0.15, -0.1) is 13.2 Å². The first-order valence-electron chi connectivity index (χ1n) is 8.02. The summed E-state index contributed by atoms with van der Waals surface area (Å²) in [6, 6.07) is 8.00. The fourth-order valence-corrected chi connectivity index (χ4v) is 3.08. The number of halogens is 3. The second-order valence-electron chi connectivity index (χ2n) is 5.63. The molecule has 0 radical (unpaired) electrons. The Bertz CT molecular complexity index is 958. The van der Waals surface area contributed by atoms with Crippen molar-refractivity contribution in [1.82, 2.24) is 10.5 Å². The van der Waals surface area contributed by atoms with Gasteiger partial charge in [0.05, 0.1) is 11.9 Å². The Labute approximate surface area is 158 Å². The molecule has 11 heteroatoms. The van der Waals surface area contributed by atoms with Crippen LogP contribution in [0.25, 0.3) is 0 Å². The van der Waals surface area contributed by atoms with Crippen molar-refractivity contribution < 1.29 is 35.9 Å². The number of rotatable bonds is 6. The largest absolute Gasteiger partial charge is 0.573 e. The van der Waals surface area contributed by atoms with Gasteiger partial charge in [-0.3, -0.25) is 4.84 Å². The number of aromatic nitrogens is 1. The van der Waals surface area contributed by atoms with Crippen molar-refractivity contribution in [2.45, 2.75) is 24.4 Å². The van der Waals surface area contributed by atoms with E-state index in [1.54, 1.807) is 6.08 Å². The molecule has 0 saturated carbocycles. The summed E-state index contributed by atoms with van der Waals surface area (Å²) < 4.78 is 69.4. The van der Waals surface area contributed by atoms with Gasteiger partial charge in [0.2, 0.25) is 5.88 Å². The second kappa shape index (κ2) is 7.68. The van der Waals surface area contributed by atoms with Crippen LogP contribution in [-0.2, 0) is 14.7 Å². The molecule has 1 aliphatic heterocycles. The smallest absolute Gasteiger partial charge is 0.438 e. The van der Waals surface area contributed by atoms with Crippen LogP contribution in [0.5, 0.6) is 11.5 Å². The number of sulfone groups is 1. The number of nitrogens with zero attached hydrogens (tertiary/aromatic N) is 1. The third-order valence-corrected chi connectivity index (χ3v) is 5.31. The molecule has 2 heterocycles. The van der Waals surface area contributed by atoms with E-state index in [1.807, 2.05) is 0 Å². The van der Waals surface area contributed by atoms with E-state index in [2.05, 4.69) is 15.2 Å². The lowest BCUT2D eigenvalue weighted by atomic mass is 10.1. The van der Waals surface area contributed by atoms with E-state index in [1.165, 1.54) is 49.5 Å². The number of benzene rings is 1. The van der Waals surface area contributed by atoms with Gasteiger partial charge in [0.15, 0.2) is 14.9 Å². The third kappa shape index (κ3) is 4.93. The third-order valence-electron chi connectivity index (χ3n) is 3.67. The maximum Gasteiger partial charge on any atom is 0.573 e. The fraction of sp³-hybridized carbons (Fsp3) is 0.235. The number of hydroxylamine groups is 1. The van der Waals surface area contributed by atoms with Gasteiger partial charge < -0.3 is 9.47 Å². The van der Waals surface area contributed by atoms with Gasteiger partial charge in [-0.1, -0.05) is 19.1 Å². The van der Waals surface area contributed by atoms with Gasteiger partial charge >= 0.3 is 6.36 Å². The minimum Gasteiger partial charge on any atom is -0.438 e. The number of nitrogens with one attached hydrogen (secondary N) is 1. The molecule has 0 saturated heterocycles. The lowest BCUT2D eigenvalue weighted by Crippen LogP contribution is -2.17. The van der Waals surface area contributed by atoms with Crippen LogP contribution in [-0.4, -0.2) is 25.5 Å². The molecule has 3 rings (SSSR count). The molecule has 1 aromatic heterocycles. The number of hydrogen-bond acceptors (Lipinski definition) is 7. The fourth-order valence-electron chi connectivity index (χ4n) is 2.29. The van der Waals surface area contributed by atoms with E-state index >= 15 is 0 Å². The minimum atomic E-state index is -4.76. The molecular weight excluding hydrogens is 401 g/mol. The van der Waals surface area contributed by atoms with Crippen LogP contribution in [0, 0.1) is 0 Å². The van der Waals surface area contributed by atoms with E-state index in [0.29, 0.717) is 5.56 Å². The molecule has 0 aliphatic carbocycles. The molecule has 1 aromatic carbocycles. The van der Waals surface area contributed by atoms with E-state index < -0.39 is 22.3 Å². The normalized spacial score (nSPS) is 17.0. The Hall–Kier alpha value is -2.79. The first-order valence-corrected chi connectivity index (χ1v) is 9.67. The number of ether oxygens (including phenoxy) is 2. The van der Waals surface area contributed by atoms with E-state index in [4.69, 9.17) is 9.57 Å². The minimum absolute atomic E-state index is 0.0500. The number of hydrogen-bond donors (Lipinski definition) is 1. The van der Waals surface area contributed by atoms with Crippen molar-refractivity contribution >= 4 is 9.84 Å². The highest BCUT2D eigenvalue weighted by Gasteiger charge is 2.31. The summed E-state index contributed by atoms with van der Waals surface area (Å²) in [6.45, 7) is 1.52. The van der Waals surface area contributed by atoms with Crippen molar-refractivity contribution in [3.8, 4) is 11.5 Å². The lowest BCUT2D eigenvalue weighted by Gasteiger charge is -2.11. The van der Waals surface area contributed by atoms with Crippen LogP contribution in [0.4, 0.5) is 13.2 Å². The summed E-state index contributed by atoms with van der Waals surface area (Å²) in [7, 11) is -3.40. The van der Waals surface area contributed by atoms with Crippen molar-refractivity contribution in [2.75, 3.05) is 5.75 Å². The molecule has 0 fully saturated rings. The Balaban J connectivity index is 1.65. The average molecular weight is 416 g/mol. The Morgan fingerprint density at radius 2 is 1.82 bits per heavy atom. The summed E-state index contributed by atoms with van der Waals surface area (Å²) in [5, 5.41) is -0.0500. The van der Waals surface area contributed by atoms with E-state index in [0.717, 1.165) is 0 Å². The van der Waals surface area contributed by atoms with Crippen LogP contribution in [0.15, 0.2) is 59.6 Å². The first kappa shape index (κ1) is 20.0. The molecule has 0 spiro atoms. The van der Waals surface area contributed by atoms with Crippen molar-refractivity contribution in [1.29, 1.82) is 0 Å². The molecule has 2 aromatic rings. The van der Waals surface area contributed by atoms with Crippen LogP contribution < -0.4 is 15.0 Å². The van der Waals surface area contributed by atoms with Crippen LogP contribution in [0.1, 0.15) is 18.6 Å². The predicted octanol–water partition coefficient (Wildman–Crippen LogP) is 3.27. The van der Waals surface area contributed by atoms with Gasteiger partial charge in [0, 0.05) is 6.08 Å². The topological polar surface area (TPSA) is 86.8 Å². The highest BCUT2D eigenvalue weighted by atomic mass is 32.2. The van der Waals surface area contributed by atoms with Gasteiger partial charge in [-0.2, -0.15) is 0 Å². The molecule has 150 valence electrons. The van der Waals surface area contributed by atoms with Crippen molar-refractivity contribution in [3.05, 3.63) is 60.1 Å². The zero-order valence-electron chi connectivity index (χ0n) is 14.4. The highest BCUT2D eigenvalue weighted by molar-refractivity contribution is 7.91. The van der Waals surface area contributed by atoms with Gasteiger partial charge in [0.1, 0.15) is 17.6 Å². The SMILES string of the molecule is CCS(=O)(=O)c1ccc(OC2=CC(c3ccc(OC(F)(F)F)cc3)ON2)cn1. The number of pyridine rings is 1. The molecule has 1 N–H and O–H groups in total. The lowest BCUT2D eigenvalue weighted by molar-refractivity contribution is -0.274. The monoisotopic (exact) mass is 416 g/mol. The second-order valence-corrected chi connectivity index (χ2v) is 7.85. The molecule has 1 aliphatic rings. The van der Waals surface area contributed by atoms with Crippen LogP contribution in [0.3, 0.4) is 0 Å². The molecule has 28 heavy (non-hydrogen) atoms. The molecule has 7 nitrogen and oxygen atoms in total. The van der Waals surface area contributed by atoms with Crippen LogP contribution >= 0.6 is 0 Å². The molecule has 1 unspecified atom stereocenters. The summed E-state index contributed by atoms with van der Waals surface area (Å²) in [4.78, 5) is 9.18. The standard InChI is InChI=1S/C17H15F3N2O5S/c1-2-28(23,24)16-8-7-13(10-21-16)25-15-9-14(27-22-15)11-3-5-12(6-4-11)26-17(18,19)20/h3-10,14,22H,2H2,1H3. The summed E-state index contributed by atoms with van der Waals surface area (Å²) in [5.74, 6) is 0.117. The van der Waals surface area contributed by atoms with Gasteiger partial charge in [-0.25, -0.2) is 18.9 Å². The molecular formula is C17H15F3N2O5S. The number of alkyl halides is 3. The molecule has 0 bridgehead atoms. The summed E-state index contributed by atoms with van der Waals surface area (Å²) in [5.41, 5.74) is 3.12. The van der Waals surface area contributed by atoms with Crippen molar-refractivity contribution in [3.63, 3.8) is 0 Å². The molecule has 1 atom stereocenters.